The molecule has 23 heavy (non-hydrogen) atoms. The number of rotatable bonds is 4. The van der Waals surface area contributed by atoms with E-state index in [1.165, 1.54) is 13.1 Å². The first kappa shape index (κ1) is 15.1. The molecule has 1 atom stereocenters. The number of para-hydroxylation sites is 1. The van der Waals surface area contributed by atoms with Crippen LogP contribution in [0, 0.1) is 11.3 Å². The van der Waals surface area contributed by atoms with Crippen molar-refractivity contribution in [1.82, 2.24) is 9.97 Å². The minimum Gasteiger partial charge on any atom is -0.441 e. The van der Waals surface area contributed by atoms with Crippen LogP contribution in [-0.2, 0) is 0 Å². The molecular formula is C17H12ClN3O2. The summed E-state index contributed by atoms with van der Waals surface area (Å²) in [5.74, 6) is -0.824. The number of nitrogens with zero attached hydrogens (tertiary/aromatic N) is 3. The fourth-order valence-electron chi connectivity index (χ4n) is 2.00. The van der Waals surface area contributed by atoms with Gasteiger partial charge in [0.25, 0.3) is 0 Å². The Balaban J connectivity index is 1.87. The maximum absolute atomic E-state index is 9.40. The van der Waals surface area contributed by atoms with Crippen LogP contribution in [0.2, 0.25) is 5.02 Å². The average Bonchev–Trinajstić information content (AvgIpc) is 2.55. The van der Waals surface area contributed by atoms with E-state index in [1.807, 2.05) is 24.3 Å². The number of nitriles is 1. The molecular weight excluding hydrogens is 314 g/mol. The molecule has 5 nitrogen and oxygen atoms in total. The predicted molar refractivity (Wildman–Crippen MR) is 86.3 cm³/mol. The lowest BCUT2D eigenvalue weighted by molar-refractivity contribution is -0.0500. The first-order chi connectivity index (χ1) is 11.1. The number of aromatic nitrogens is 2. The number of benzene rings is 2. The van der Waals surface area contributed by atoms with E-state index in [9.17, 15) is 5.26 Å². The molecule has 2 aromatic carbocycles. The number of hydrogen-bond acceptors (Lipinski definition) is 5. The Morgan fingerprint density at radius 1 is 1.09 bits per heavy atom. The lowest BCUT2D eigenvalue weighted by Crippen LogP contribution is -2.37. The molecule has 0 N–H and O–H groups in total. The van der Waals surface area contributed by atoms with Crippen LogP contribution >= 0.6 is 11.6 Å². The average molecular weight is 326 g/mol. The van der Waals surface area contributed by atoms with Crippen LogP contribution in [0.5, 0.6) is 11.6 Å². The van der Waals surface area contributed by atoms with Crippen molar-refractivity contribution in [3.8, 4) is 17.7 Å². The van der Waals surface area contributed by atoms with Gasteiger partial charge in [-0.2, -0.15) is 5.26 Å². The normalized spacial score (nSPS) is 13.1. The van der Waals surface area contributed by atoms with E-state index in [0.717, 1.165) is 0 Å². The lowest BCUT2D eigenvalue weighted by Gasteiger charge is -2.23. The van der Waals surface area contributed by atoms with Crippen LogP contribution in [0.25, 0.3) is 11.0 Å². The van der Waals surface area contributed by atoms with Gasteiger partial charge < -0.3 is 9.47 Å². The van der Waals surface area contributed by atoms with Gasteiger partial charge >= 0.3 is 5.79 Å². The van der Waals surface area contributed by atoms with Gasteiger partial charge in [-0.05, 0) is 30.3 Å². The molecule has 3 rings (SSSR count). The first-order valence-corrected chi connectivity index (χ1v) is 7.22. The Morgan fingerprint density at radius 3 is 2.61 bits per heavy atom. The minimum atomic E-state index is -1.53. The van der Waals surface area contributed by atoms with Crippen molar-refractivity contribution < 1.29 is 9.47 Å². The Labute approximate surface area is 138 Å². The number of hydrogen-bond donors (Lipinski definition) is 0. The summed E-state index contributed by atoms with van der Waals surface area (Å²) in [5, 5.41) is 9.94. The molecule has 0 aliphatic rings. The van der Waals surface area contributed by atoms with Crippen molar-refractivity contribution >= 4 is 22.6 Å². The summed E-state index contributed by atoms with van der Waals surface area (Å²) in [6.45, 7) is 1.52. The molecule has 0 radical (unpaired) electrons. The highest BCUT2D eigenvalue weighted by Crippen LogP contribution is 2.23. The summed E-state index contributed by atoms with van der Waals surface area (Å²) in [6, 6.07) is 16.1. The smallest absolute Gasteiger partial charge is 0.340 e. The first-order valence-electron chi connectivity index (χ1n) is 6.85. The highest BCUT2D eigenvalue weighted by atomic mass is 35.5. The van der Waals surface area contributed by atoms with Gasteiger partial charge in [-0.15, -0.1) is 0 Å². The monoisotopic (exact) mass is 325 g/mol. The molecule has 0 saturated heterocycles. The fourth-order valence-corrected chi connectivity index (χ4v) is 2.16. The maximum Gasteiger partial charge on any atom is 0.340 e. The third kappa shape index (κ3) is 3.50. The highest BCUT2D eigenvalue weighted by molar-refractivity contribution is 6.31. The van der Waals surface area contributed by atoms with Crippen molar-refractivity contribution in [2.45, 2.75) is 12.7 Å². The zero-order valence-corrected chi connectivity index (χ0v) is 13.0. The SMILES string of the molecule is CC(C#N)(Oc1ccccc1)Oc1cnc2ccc(Cl)cc2n1. The molecule has 6 heteroatoms. The predicted octanol–water partition coefficient (Wildman–Crippen LogP) is 3.98. The second kappa shape index (κ2) is 6.11. The van der Waals surface area contributed by atoms with Gasteiger partial charge in [0.15, 0.2) is 6.07 Å². The molecule has 0 bridgehead atoms. The van der Waals surface area contributed by atoms with E-state index in [2.05, 4.69) is 9.97 Å². The standard InChI is InChI=1S/C17H12ClN3O2/c1-17(11-19,22-13-5-3-2-4-6-13)23-16-10-20-14-8-7-12(18)9-15(14)21-16/h2-10H,1H3. The quantitative estimate of drug-likeness (QED) is 0.679. The summed E-state index contributed by atoms with van der Waals surface area (Å²) >= 11 is 5.95. The second-order valence-corrected chi connectivity index (χ2v) is 5.35. The second-order valence-electron chi connectivity index (χ2n) is 4.92. The van der Waals surface area contributed by atoms with Crippen LogP contribution in [0.4, 0.5) is 0 Å². The van der Waals surface area contributed by atoms with Crippen LogP contribution in [-0.4, -0.2) is 15.8 Å². The van der Waals surface area contributed by atoms with E-state index in [4.69, 9.17) is 21.1 Å². The van der Waals surface area contributed by atoms with Gasteiger partial charge in [0.05, 0.1) is 17.2 Å². The summed E-state index contributed by atoms with van der Waals surface area (Å²) < 4.78 is 11.2. The molecule has 0 aliphatic heterocycles. The van der Waals surface area contributed by atoms with Gasteiger partial charge in [-0.1, -0.05) is 29.8 Å². The molecule has 114 valence electrons. The van der Waals surface area contributed by atoms with Crippen molar-refractivity contribution in [3.63, 3.8) is 0 Å². The fraction of sp³-hybridized carbons (Fsp3) is 0.118. The zero-order chi connectivity index (χ0) is 16.3. The Morgan fingerprint density at radius 2 is 1.87 bits per heavy atom. The highest BCUT2D eigenvalue weighted by Gasteiger charge is 2.29. The van der Waals surface area contributed by atoms with Gasteiger partial charge in [-0.25, -0.2) is 9.97 Å². The van der Waals surface area contributed by atoms with E-state index >= 15 is 0 Å². The van der Waals surface area contributed by atoms with Crippen molar-refractivity contribution in [1.29, 1.82) is 5.26 Å². The Kier molecular flexibility index (Phi) is 4.00. The zero-order valence-electron chi connectivity index (χ0n) is 12.2. The number of fused-ring (bicyclic) bond motifs is 1. The summed E-state index contributed by atoms with van der Waals surface area (Å²) in [6.07, 6.45) is 1.44. The summed E-state index contributed by atoms with van der Waals surface area (Å²) in [5.41, 5.74) is 1.26. The third-order valence-electron chi connectivity index (χ3n) is 3.04. The molecule has 3 aromatic rings. The van der Waals surface area contributed by atoms with Crippen LogP contribution in [0.15, 0.2) is 54.7 Å². The van der Waals surface area contributed by atoms with Crippen LogP contribution < -0.4 is 9.47 Å². The molecule has 0 fully saturated rings. The van der Waals surface area contributed by atoms with E-state index in [1.54, 1.807) is 30.3 Å². The molecule has 1 unspecified atom stereocenters. The van der Waals surface area contributed by atoms with Crippen molar-refractivity contribution in [3.05, 3.63) is 59.8 Å². The number of halogens is 1. The maximum atomic E-state index is 9.40. The van der Waals surface area contributed by atoms with Crippen LogP contribution in [0.1, 0.15) is 6.92 Å². The molecule has 1 heterocycles. The molecule has 0 aliphatic carbocycles. The van der Waals surface area contributed by atoms with Crippen LogP contribution in [0.3, 0.4) is 0 Å². The molecule has 0 saturated carbocycles. The van der Waals surface area contributed by atoms with E-state index in [0.29, 0.717) is 21.8 Å². The third-order valence-corrected chi connectivity index (χ3v) is 3.28. The van der Waals surface area contributed by atoms with Gasteiger partial charge in [0.2, 0.25) is 5.88 Å². The van der Waals surface area contributed by atoms with E-state index in [-0.39, 0.29) is 5.88 Å². The largest absolute Gasteiger partial charge is 0.441 e. The van der Waals surface area contributed by atoms with Crippen molar-refractivity contribution in [2.75, 3.05) is 0 Å². The van der Waals surface area contributed by atoms with Gasteiger partial charge in [0.1, 0.15) is 5.75 Å². The summed E-state index contributed by atoms with van der Waals surface area (Å²) in [4.78, 5) is 8.55. The molecule has 0 amide bonds. The molecule has 0 spiro atoms. The minimum absolute atomic E-state index is 0.180. The molecule has 1 aromatic heterocycles. The topological polar surface area (TPSA) is 68.0 Å². The summed E-state index contributed by atoms with van der Waals surface area (Å²) in [7, 11) is 0. The van der Waals surface area contributed by atoms with Gasteiger partial charge in [-0.3, -0.25) is 0 Å². The van der Waals surface area contributed by atoms with Crippen molar-refractivity contribution in [2.24, 2.45) is 0 Å². The Hall–Kier alpha value is -2.84. The Bertz CT molecular complexity index is 880. The van der Waals surface area contributed by atoms with Gasteiger partial charge in [0, 0.05) is 11.9 Å². The number of ether oxygens (including phenoxy) is 2. The van der Waals surface area contributed by atoms with E-state index < -0.39 is 5.79 Å². The lowest BCUT2D eigenvalue weighted by atomic mass is 10.3.